The molecule has 0 aliphatic heterocycles. The number of alkyl halides is 3. The van der Waals surface area contributed by atoms with Crippen LogP contribution in [0.2, 0.25) is 0 Å². The summed E-state index contributed by atoms with van der Waals surface area (Å²) >= 11 is 1.55. The van der Waals surface area contributed by atoms with Crippen LogP contribution in [0.1, 0.15) is 22.3 Å². The molecular formula is C16H15F3S. The first-order valence-electron chi connectivity index (χ1n) is 6.22. The molecule has 0 bridgehead atoms. The van der Waals surface area contributed by atoms with Crippen molar-refractivity contribution >= 4 is 11.8 Å². The molecule has 106 valence electrons. The van der Waals surface area contributed by atoms with Gasteiger partial charge in [-0.15, -0.1) is 11.8 Å². The average molecular weight is 296 g/mol. The van der Waals surface area contributed by atoms with Crippen LogP contribution in [0, 0.1) is 13.8 Å². The van der Waals surface area contributed by atoms with Gasteiger partial charge in [0, 0.05) is 10.6 Å². The second-order valence-electron chi connectivity index (χ2n) is 4.74. The van der Waals surface area contributed by atoms with E-state index in [4.69, 9.17) is 0 Å². The summed E-state index contributed by atoms with van der Waals surface area (Å²) in [5.41, 5.74) is 2.18. The van der Waals surface area contributed by atoms with Gasteiger partial charge in [0.05, 0.1) is 5.56 Å². The average Bonchev–Trinajstić information content (AvgIpc) is 2.36. The Kier molecular flexibility index (Phi) is 4.43. The maximum atomic E-state index is 12.7. The molecule has 0 N–H and O–H groups in total. The molecule has 0 fully saturated rings. The van der Waals surface area contributed by atoms with E-state index in [2.05, 4.69) is 0 Å². The number of halogens is 3. The lowest BCUT2D eigenvalue weighted by molar-refractivity contribution is -0.137. The summed E-state index contributed by atoms with van der Waals surface area (Å²) in [6.45, 7) is 3.84. The van der Waals surface area contributed by atoms with Crippen LogP contribution < -0.4 is 0 Å². The summed E-state index contributed by atoms with van der Waals surface area (Å²) in [5, 5.41) is 0. The zero-order valence-electron chi connectivity index (χ0n) is 11.3. The fraction of sp³-hybridized carbons (Fsp3) is 0.250. The van der Waals surface area contributed by atoms with E-state index >= 15 is 0 Å². The number of hydrogen-bond donors (Lipinski definition) is 0. The number of thioether (sulfide) groups is 1. The van der Waals surface area contributed by atoms with E-state index < -0.39 is 11.7 Å². The normalized spacial score (nSPS) is 11.7. The predicted octanol–water partition coefficient (Wildman–Crippen LogP) is 5.61. The quantitative estimate of drug-likeness (QED) is 0.663. The molecule has 0 aliphatic rings. The van der Waals surface area contributed by atoms with Gasteiger partial charge in [-0.1, -0.05) is 23.8 Å². The van der Waals surface area contributed by atoms with Gasteiger partial charge in [0.25, 0.3) is 0 Å². The van der Waals surface area contributed by atoms with Crippen LogP contribution in [-0.4, -0.2) is 0 Å². The first-order valence-corrected chi connectivity index (χ1v) is 7.21. The highest BCUT2D eigenvalue weighted by Crippen LogP contribution is 2.32. The fourth-order valence-corrected chi connectivity index (χ4v) is 2.95. The summed E-state index contributed by atoms with van der Waals surface area (Å²) in [7, 11) is 0. The van der Waals surface area contributed by atoms with Crippen LogP contribution in [-0.2, 0) is 11.9 Å². The molecule has 2 aromatic rings. The monoisotopic (exact) mass is 296 g/mol. The Balaban J connectivity index is 2.17. The van der Waals surface area contributed by atoms with Gasteiger partial charge in [-0.25, -0.2) is 0 Å². The molecule has 0 amide bonds. The van der Waals surface area contributed by atoms with Crippen molar-refractivity contribution in [2.24, 2.45) is 0 Å². The summed E-state index contributed by atoms with van der Waals surface area (Å²) in [6, 6.07) is 11.9. The molecule has 20 heavy (non-hydrogen) atoms. The highest BCUT2D eigenvalue weighted by molar-refractivity contribution is 7.98. The second-order valence-corrected chi connectivity index (χ2v) is 5.79. The van der Waals surface area contributed by atoms with Crippen molar-refractivity contribution in [2.75, 3.05) is 0 Å². The van der Waals surface area contributed by atoms with Gasteiger partial charge in [0.15, 0.2) is 0 Å². The maximum absolute atomic E-state index is 12.7. The molecule has 0 aliphatic carbocycles. The number of benzene rings is 2. The van der Waals surface area contributed by atoms with Crippen molar-refractivity contribution < 1.29 is 13.2 Å². The topological polar surface area (TPSA) is 0 Å². The minimum absolute atomic E-state index is 0.541. The number of hydrogen-bond acceptors (Lipinski definition) is 1. The van der Waals surface area contributed by atoms with E-state index in [0.717, 1.165) is 27.7 Å². The molecule has 2 rings (SSSR count). The van der Waals surface area contributed by atoms with E-state index in [1.807, 2.05) is 38.1 Å². The second kappa shape index (κ2) is 5.92. The molecule has 2 aromatic carbocycles. The molecule has 0 atom stereocenters. The molecule has 0 aromatic heterocycles. The zero-order valence-corrected chi connectivity index (χ0v) is 12.1. The third kappa shape index (κ3) is 3.79. The van der Waals surface area contributed by atoms with Crippen molar-refractivity contribution in [3.8, 4) is 0 Å². The first kappa shape index (κ1) is 15.0. The van der Waals surface area contributed by atoms with Crippen LogP contribution in [0.3, 0.4) is 0 Å². The van der Waals surface area contributed by atoms with Crippen molar-refractivity contribution in [1.29, 1.82) is 0 Å². The van der Waals surface area contributed by atoms with Crippen molar-refractivity contribution in [2.45, 2.75) is 30.7 Å². The van der Waals surface area contributed by atoms with Gasteiger partial charge in [-0.05, 0) is 49.2 Å². The Bertz CT molecular complexity index is 603. The fourth-order valence-electron chi connectivity index (χ4n) is 1.87. The SMILES string of the molecule is Cc1cccc(SCc2cc(C(F)(F)F)ccc2C)c1. The van der Waals surface area contributed by atoms with Gasteiger partial charge in [0.2, 0.25) is 0 Å². The van der Waals surface area contributed by atoms with E-state index in [9.17, 15) is 13.2 Å². The lowest BCUT2D eigenvalue weighted by atomic mass is 10.1. The molecule has 0 unspecified atom stereocenters. The van der Waals surface area contributed by atoms with Crippen LogP contribution in [0.25, 0.3) is 0 Å². The highest BCUT2D eigenvalue weighted by atomic mass is 32.2. The lowest BCUT2D eigenvalue weighted by Crippen LogP contribution is -2.05. The van der Waals surface area contributed by atoms with Crippen LogP contribution in [0.15, 0.2) is 47.4 Å². The van der Waals surface area contributed by atoms with Gasteiger partial charge >= 0.3 is 6.18 Å². The van der Waals surface area contributed by atoms with Gasteiger partial charge in [0.1, 0.15) is 0 Å². The van der Waals surface area contributed by atoms with Crippen molar-refractivity contribution in [3.63, 3.8) is 0 Å². The number of rotatable bonds is 3. The van der Waals surface area contributed by atoms with E-state index in [-0.39, 0.29) is 0 Å². The smallest absolute Gasteiger partial charge is 0.166 e. The largest absolute Gasteiger partial charge is 0.416 e. The minimum Gasteiger partial charge on any atom is -0.166 e. The first-order chi connectivity index (χ1) is 9.36. The summed E-state index contributed by atoms with van der Waals surface area (Å²) < 4.78 is 38.1. The van der Waals surface area contributed by atoms with Crippen LogP contribution in [0.4, 0.5) is 13.2 Å². The Morgan fingerprint density at radius 2 is 1.75 bits per heavy atom. The molecule has 0 radical (unpaired) electrons. The van der Waals surface area contributed by atoms with Gasteiger partial charge in [-0.3, -0.25) is 0 Å². The number of aryl methyl sites for hydroxylation is 2. The summed E-state index contributed by atoms with van der Waals surface area (Å²) in [5.74, 6) is 0.541. The van der Waals surface area contributed by atoms with E-state index in [1.165, 1.54) is 12.1 Å². The van der Waals surface area contributed by atoms with E-state index in [1.54, 1.807) is 11.8 Å². The Morgan fingerprint density at radius 1 is 1.00 bits per heavy atom. The standard InChI is InChI=1S/C16H15F3S/c1-11-4-3-5-15(8-11)20-10-13-9-14(16(17,18)19)7-6-12(13)2/h3-9H,10H2,1-2H3. The highest BCUT2D eigenvalue weighted by Gasteiger charge is 2.30. The van der Waals surface area contributed by atoms with Crippen LogP contribution in [0.5, 0.6) is 0 Å². The maximum Gasteiger partial charge on any atom is 0.416 e. The Hall–Kier alpha value is -1.42. The molecule has 0 nitrogen and oxygen atoms in total. The van der Waals surface area contributed by atoms with Crippen molar-refractivity contribution in [1.82, 2.24) is 0 Å². The predicted molar refractivity (Wildman–Crippen MR) is 76.9 cm³/mol. The van der Waals surface area contributed by atoms with Crippen molar-refractivity contribution in [3.05, 3.63) is 64.7 Å². The minimum atomic E-state index is -4.28. The summed E-state index contributed by atoms with van der Waals surface area (Å²) in [6.07, 6.45) is -4.28. The molecule has 0 spiro atoms. The van der Waals surface area contributed by atoms with E-state index in [0.29, 0.717) is 5.75 Å². The molecule has 0 heterocycles. The zero-order chi connectivity index (χ0) is 14.8. The Morgan fingerprint density at radius 3 is 2.40 bits per heavy atom. The third-order valence-electron chi connectivity index (χ3n) is 3.06. The molecule has 0 saturated heterocycles. The molecular weight excluding hydrogens is 281 g/mol. The lowest BCUT2D eigenvalue weighted by Gasteiger charge is -2.11. The van der Waals surface area contributed by atoms with Gasteiger partial charge < -0.3 is 0 Å². The van der Waals surface area contributed by atoms with Gasteiger partial charge in [-0.2, -0.15) is 13.2 Å². The van der Waals surface area contributed by atoms with Crippen LogP contribution >= 0.6 is 11.8 Å². The molecule has 0 saturated carbocycles. The Labute approximate surface area is 121 Å². The summed E-state index contributed by atoms with van der Waals surface area (Å²) in [4.78, 5) is 1.07. The molecule has 4 heteroatoms. The third-order valence-corrected chi connectivity index (χ3v) is 4.10.